The van der Waals surface area contributed by atoms with Gasteiger partial charge < -0.3 is 10.6 Å². The van der Waals surface area contributed by atoms with E-state index in [4.69, 9.17) is 5.26 Å². The van der Waals surface area contributed by atoms with Crippen LogP contribution in [0.5, 0.6) is 0 Å². The van der Waals surface area contributed by atoms with E-state index < -0.39 is 0 Å². The summed E-state index contributed by atoms with van der Waals surface area (Å²) in [6.45, 7) is 0. The van der Waals surface area contributed by atoms with Crippen LogP contribution in [0.25, 0.3) is 0 Å². The zero-order valence-corrected chi connectivity index (χ0v) is 11.4. The number of fused-ring (bicyclic) bond motifs is 1. The number of nitriles is 1. The lowest BCUT2D eigenvalue weighted by Gasteiger charge is -2.24. The van der Waals surface area contributed by atoms with Crippen molar-refractivity contribution in [1.82, 2.24) is 5.32 Å². The van der Waals surface area contributed by atoms with E-state index in [1.54, 1.807) is 24.3 Å². The van der Waals surface area contributed by atoms with Crippen molar-refractivity contribution in [3.05, 3.63) is 29.8 Å². The molecule has 1 aliphatic heterocycles. The number of benzene rings is 1. The Morgan fingerprint density at radius 1 is 1.25 bits per heavy atom. The third kappa shape index (κ3) is 2.68. The number of nitrogens with one attached hydrogen (secondary N) is 2. The summed E-state index contributed by atoms with van der Waals surface area (Å²) in [5.74, 6) is 0.713. The lowest BCUT2D eigenvalue weighted by atomic mass is 9.85. The average Bonchev–Trinajstić information content (AvgIpc) is 2.92. The van der Waals surface area contributed by atoms with Gasteiger partial charge in [-0.3, -0.25) is 4.79 Å². The number of carbonyl (C=O) groups is 1. The average molecular weight is 269 g/mol. The monoisotopic (exact) mass is 269 g/mol. The molecule has 2 fully saturated rings. The van der Waals surface area contributed by atoms with Gasteiger partial charge in [0, 0.05) is 11.7 Å². The van der Waals surface area contributed by atoms with Crippen LogP contribution in [0.3, 0.4) is 0 Å². The van der Waals surface area contributed by atoms with E-state index in [2.05, 4.69) is 16.7 Å². The van der Waals surface area contributed by atoms with E-state index in [-0.39, 0.29) is 11.9 Å². The zero-order valence-electron chi connectivity index (χ0n) is 11.4. The van der Waals surface area contributed by atoms with Gasteiger partial charge in [0.15, 0.2) is 0 Å². The first-order valence-electron chi connectivity index (χ1n) is 7.33. The SMILES string of the molecule is N#Cc1ccc(NC(=O)C2CC3CCCCC3N2)cc1. The molecule has 1 aromatic rings. The molecule has 4 nitrogen and oxygen atoms in total. The van der Waals surface area contributed by atoms with Crippen LogP contribution in [-0.4, -0.2) is 18.0 Å². The largest absolute Gasteiger partial charge is 0.325 e. The predicted molar refractivity (Wildman–Crippen MR) is 77.1 cm³/mol. The van der Waals surface area contributed by atoms with Gasteiger partial charge in [-0.25, -0.2) is 0 Å². The molecule has 1 aromatic carbocycles. The van der Waals surface area contributed by atoms with E-state index in [9.17, 15) is 4.79 Å². The first kappa shape index (κ1) is 13.1. The molecule has 0 spiro atoms. The van der Waals surface area contributed by atoms with Crippen LogP contribution in [0.1, 0.15) is 37.7 Å². The number of nitrogens with zero attached hydrogens (tertiary/aromatic N) is 1. The Labute approximate surface area is 119 Å². The minimum atomic E-state index is -0.0706. The fourth-order valence-corrected chi connectivity index (χ4v) is 3.38. The Kier molecular flexibility index (Phi) is 3.70. The number of hydrogen-bond donors (Lipinski definition) is 2. The van der Waals surface area contributed by atoms with Gasteiger partial charge in [-0.15, -0.1) is 0 Å². The minimum absolute atomic E-state index is 0.0455. The molecule has 0 aromatic heterocycles. The molecule has 1 heterocycles. The molecule has 2 aliphatic rings. The van der Waals surface area contributed by atoms with Crippen molar-refractivity contribution >= 4 is 11.6 Å². The molecule has 3 rings (SSSR count). The van der Waals surface area contributed by atoms with E-state index >= 15 is 0 Å². The van der Waals surface area contributed by atoms with E-state index in [0.29, 0.717) is 17.5 Å². The minimum Gasteiger partial charge on any atom is -0.325 e. The molecule has 1 amide bonds. The Bertz CT molecular complexity index is 518. The molecule has 4 heteroatoms. The lowest BCUT2D eigenvalue weighted by molar-refractivity contribution is -0.117. The Morgan fingerprint density at radius 2 is 2.00 bits per heavy atom. The quantitative estimate of drug-likeness (QED) is 0.866. The van der Waals surface area contributed by atoms with Gasteiger partial charge in [0.25, 0.3) is 0 Å². The van der Waals surface area contributed by atoms with Crippen LogP contribution >= 0.6 is 0 Å². The molecule has 0 bridgehead atoms. The molecular weight excluding hydrogens is 250 g/mol. The Morgan fingerprint density at radius 3 is 2.70 bits per heavy atom. The maximum atomic E-state index is 12.3. The van der Waals surface area contributed by atoms with E-state index in [1.165, 1.54) is 25.7 Å². The third-order valence-electron chi connectivity index (χ3n) is 4.46. The maximum Gasteiger partial charge on any atom is 0.241 e. The molecule has 104 valence electrons. The summed E-state index contributed by atoms with van der Waals surface area (Å²) in [6.07, 6.45) is 5.97. The predicted octanol–water partition coefficient (Wildman–Crippen LogP) is 2.42. The number of anilines is 1. The van der Waals surface area contributed by atoms with Gasteiger partial charge in [0.1, 0.15) is 0 Å². The molecule has 3 unspecified atom stereocenters. The molecular formula is C16H19N3O. The van der Waals surface area contributed by atoms with Gasteiger partial charge in [-0.05, 0) is 49.4 Å². The standard InChI is InChI=1S/C16H19N3O/c17-10-11-5-7-13(8-6-11)18-16(20)15-9-12-3-1-2-4-14(12)19-15/h5-8,12,14-15,19H,1-4,9H2,(H,18,20). The van der Waals surface area contributed by atoms with Crippen LogP contribution in [0.4, 0.5) is 5.69 Å². The van der Waals surface area contributed by atoms with Crippen molar-refractivity contribution in [3.8, 4) is 6.07 Å². The maximum absolute atomic E-state index is 12.3. The lowest BCUT2D eigenvalue weighted by Crippen LogP contribution is -2.39. The van der Waals surface area contributed by atoms with Crippen LogP contribution in [0.2, 0.25) is 0 Å². The Balaban J connectivity index is 1.60. The third-order valence-corrected chi connectivity index (χ3v) is 4.46. The molecule has 3 atom stereocenters. The molecule has 2 N–H and O–H groups in total. The first-order chi connectivity index (χ1) is 9.76. The van der Waals surface area contributed by atoms with Gasteiger partial charge >= 0.3 is 0 Å². The second kappa shape index (κ2) is 5.64. The van der Waals surface area contributed by atoms with Crippen molar-refractivity contribution in [2.45, 2.75) is 44.2 Å². The van der Waals surface area contributed by atoms with Crippen LogP contribution in [0.15, 0.2) is 24.3 Å². The number of hydrogen-bond acceptors (Lipinski definition) is 3. The summed E-state index contributed by atoms with van der Waals surface area (Å²) in [4.78, 5) is 12.3. The highest BCUT2D eigenvalue weighted by Crippen LogP contribution is 2.33. The van der Waals surface area contributed by atoms with E-state index in [1.807, 2.05) is 0 Å². The van der Waals surface area contributed by atoms with Crippen LogP contribution in [0, 0.1) is 17.2 Å². The van der Waals surface area contributed by atoms with Crippen LogP contribution in [-0.2, 0) is 4.79 Å². The van der Waals surface area contributed by atoms with Gasteiger partial charge in [-0.1, -0.05) is 12.8 Å². The smallest absolute Gasteiger partial charge is 0.241 e. The highest BCUT2D eigenvalue weighted by atomic mass is 16.2. The summed E-state index contributed by atoms with van der Waals surface area (Å²) in [7, 11) is 0. The fraction of sp³-hybridized carbons (Fsp3) is 0.500. The highest BCUT2D eigenvalue weighted by molar-refractivity contribution is 5.95. The topological polar surface area (TPSA) is 64.9 Å². The molecule has 1 saturated carbocycles. The fourth-order valence-electron chi connectivity index (χ4n) is 3.38. The van der Waals surface area contributed by atoms with Crippen molar-refractivity contribution in [1.29, 1.82) is 5.26 Å². The second-order valence-corrected chi connectivity index (χ2v) is 5.78. The van der Waals surface area contributed by atoms with Crippen LogP contribution < -0.4 is 10.6 Å². The second-order valence-electron chi connectivity index (χ2n) is 5.78. The van der Waals surface area contributed by atoms with Gasteiger partial charge in [0.2, 0.25) is 5.91 Å². The van der Waals surface area contributed by atoms with Crippen molar-refractivity contribution < 1.29 is 4.79 Å². The molecule has 1 aliphatic carbocycles. The van der Waals surface area contributed by atoms with Crippen molar-refractivity contribution in [2.24, 2.45) is 5.92 Å². The summed E-state index contributed by atoms with van der Waals surface area (Å²) in [5.41, 5.74) is 1.36. The zero-order chi connectivity index (χ0) is 13.9. The van der Waals surface area contributed by atoms with Gasteiger partial charge in [0.05, 0.1) is 17.7 Å². The number of amides is 1. The molecule has 0 radical (unpaired) electrons. The van der Waals surface area contributed by atoms with E-state index in [0.717, 1.165) is 12.1 Å². The Hall–Kier alpha value is -1.86. The number of rotatable bonds is 2. The molecule has 20 heavy (non-hydrogen) atoms. The normalized spacial score (nSPS) is 28.4. The van der Waals surface area contributed by atoms with Crippen molar-refractivity contribution in [3.63, 3.8) is 0 Å². The summed E-state index contributed by atoms with van der Waals surface area (Å²) in [5, 5.41) is 15.2. The van der Waals surface area contributed by atoms with Gasteiger partial charge in [-0.2, -0.15) is 5.26 Å². The first-order valence-corrected chi connectivity index (χ1v) is 7.33. The number of carbonyl (C=O) groups excluding carboxylic acids is 1. The summed E-state index contributed by atoms with van der Waals surface area (Å²) >= 11 is 0. The summed E-state index contributed by atoms with van der Waals surface area (Å²) < 4.78 is 0. The highest BCUT2D eigenvalue weighted by Gasteiger charge is 2.38. The molecule has 1 saturated heterocycles. The van der Waals surface area contributed by atoms with Crippen molar-refractivity contribution in [2.75, 3.05) is 5.32 Å². The summed E-state index contributed by atoms with van der Waals surface area (Å²) in [6, 6.07) is 9.52.